The van der Waals surface area contributed by atoms with E-state index in [1.54, 1.807) is 6.07 Å². The van der Waals surface area contributed by atoms with Crippen LogP contribution in [0.25, 0.3) is 10.9 Å². The third kappa shape index (κ3) is 1.17. The Hall–Kier alpha value is -1.48. The number of phenolic OH excluding ortho intramolecular Hbond substituents is 1. The minimum absolute atomic E-state index is 0.323. The molecule has 2 rings (SSSR count). The number of benzene rings is 1. The maximum absolute atomic E-state index is 9.73. The largest absolute Gasteiger partial charge is 0.506 e. The van der Waals surface area contributed by atoms with E-state index in [4.69, 9.17) is 5.73 Å². The molecular formula is C11H14N2O. The van der Waals surface area contributed by atoms with Crippen molar-refractivity contribution < 1.29 is 5.11 Å². The molecule has 0 atom stereocenters. The van der Waals surface area contributed by atoms with Crippen molar-refractivity contribution in [3.05, 3.63) is 30.0 Å². The summed E-state index contributed by atoms with van der Waals surface area (Å²) in [4.78, 5) is 0. The summed E-state index contributed by atoms with van der Waals surface area (Å²) in [6.45, 7) is 3.40. The van der Waals surface area contributed by atoms with Gasteiger partial charge in [0.25, 0.3) is 0 Å². The van der Waals surface area contributed by atoms with Crippen LogP contribution >= 0.6 is 0 Å². The summed E-state index contributed by atoms with van der Waals surface area (Å²) in [5.74, 6) is 0.323. The van der Waals surface area contributed by atoms with Gasteiger partial charge in [-0.05, 0) is 18.6 Å². The van der Waals surface area contributed by atoms with Crippen molar-refractivity contribution in [3.8, 4) is 5.75 Å². The average Bonchev–Trinajstić information content (AvgIpc) is 2.57. The first kappa shape index (κ1) is 9.09. The molecule has 74 valence electrons. The van der Waals surface area contributed by atoms with Gasteiger partial charge in [0.15, 0.2) is 0 Å². The number of hydrogen-bond donors (Lipinski definition) is 2. The van der Waals surface area contributed by atoms with Crippen LogP contribution in [-0.2, 0) is 13.1 Å². The second-order valence-corrected chi connectivity index (χ2v) is 3.32. The van der Waals surface area contributed by atoms with Crippen LogP contribution < -0.4 is 5.73 Å². The number of aryl methyl sites for hydroxylation is 1. The Morgan fingerprint density at radius 3 is 2.86 bits per heavy atom. The van der Waals surface area contributed by atoms with Gasteiger partial charge in [0, 0.05) is 24.7 Å². The molecular weight excluding hydrogens is 176 g/mol. The van der Waals surface area contributed by atoms with Crippen LogP contribution in [-0.4, -0.2) is 9.67 Å². The van der Waals surface area contributed by atoms with E-state index < -0.39 is 0 Å². The molecule has 0 fully saturated rings. The smallest absolute Gasteiger partial charge is 0.139 e. The summed E-state index contributed by atoms with van der Waals surface area (Å²) in [6.07, 6.45) is 2.00. The Balaban J connectivity index is 2.82. The van der Waals surface area contributed by atoms with E-state index in [1.807, 2.05) is 29.8 Å². The molecule has 0 unspecified atom stereocenters. The van der Waals surface area contributed by atoms with Crippen LogP contribution in [0.1, 0.15) is 12.5 Å². The summed E-state index contributed by atoms with van der Waals surface area (Å²) in [5, 5.41) is 10.8. The number of phenols is 1. The van der Waals surface area contributed by atoms with Crippen LogP contribution in [0, 0.1) is 0 Å². The van der Waals surface area contributed by atoms with E-state index in [0.29, 0.717) is 12.3 Å². The van der Waals surface area contributed by atoms with Gasteiger partial charge in [0.05, 0.1) is 5.52 Å². The molecule has 0 amide bonds. The fraction of sp³-hybridized carbons (Fsp3) is 0.273. The van der Waals surface area contributed by atoms with Gasteiger partial charge in [-0.1, -0.05) is 12.1 Å². The Kier molecular flexibility index (Phi) is 2.17. The molecule has 3 nitrogen and oxygen atoms in total. The van der Waals surface area contributed by atoms with Gasteiger partial charge in [-0.3, -0.25) is 0 Å². The zero-order valence-electron chi connectivity index (χ0n) is 8.20. The van der Waals surface area contributed by atoms with Crippen molar-refractivity contribution in [1.82, 2.24) is 4.57 Å². The lowest BCUT2D eigenvalue weighted by Crippen LogP contribution is -1.95. The molecule has 0 aliphatic carbocycles. The lowest BCUT2D eigenvalue weighted by atomic mass is 10.1. The van der Waals surface area contributed by atoms with Gasteiger partial charge < -0.3 is 15.4 Å². The number of nitrogens with two attached hydrogens (primary N) is 1. The van der Waals surface area contributed by atoms with Gasteiger partial charge in [0.1, 0.15) is 5.75 Å². The molecule has 1 heterocycles. The van der Waals surface area contributed by atoms with Crippen LogP contribution in [0.5, 0.6) is 5.75 Å². The van der Waals surface area contributed by atoms with Crippen molar-refractivity contribution in [2.45, 2.75) is 20.0 Å². The Morgan fingerprint density at radius 1 is 1.43 bits per heavy atom. The van der Waals surface area contributed by atoms with E-state index in [9.17, 15) is 5.11 Å². The standard InChI is InChI=1S/C11H14N2O/c1-2-13-7-8(6-12)9-4-3-5-10(14)11(9)13/h3-5,7,14H,2,6,12H2,1H3. The summed E-state index contributed by atoms with van der Waals surface area (Å²) in [7, 11) is 0. The molecule has 0 aliphatic rings. The molecule has 0 radical (unpaired) electrons. The molecule has 0 saturated heterocycles. The molecule has 0 bridgehead atoms. The van der Waals surface area contributed by atoms with Crippen molar-refractivity contribution >= 4 is 10.9 Å². The molecule has 3 N–H and O–H groups in total. The molecule has 2 aromatic rings. The second-order valence-electron chi connectivity index (χ2n) is 3.32. The Bertz CT molecular complexity index is 460. The van der Waals surface area contributed by atoms with Gasteiger partial charge in [-0.25, -0.2) is 0 Å². The van der Waals surface area contributed by atoms with Gasteiger partial charge in [-0.15, -0.1) is 0 Å². The molecule has 3 heteroatoms. The molecule has 14 heavy (non-hydrogen) atoms. The monoisotopic (exact) mass is 190 g/mol. The van der Waals surface area contributed by atoms with Crippen LogP contribution in [0.15, 0.2) is 24.4 Å². The van der Waals surface area contributed by atoms with E-state index >= 15 is 0 Å². The summed E-state index contributed by atoms with van der Waals surface area (Å²) in [5.41, 5.74) is 7.60. The highest BCUT2D eigenvalue weighted by Crippen LogP contribution is 2.28. The SMILES string of the molecule is CCn1cc(CN)c2cccc(O)c21. The van der Waals surface area contributed by atoms with Gasteiger partial charge >= 0.3 is 0 Å². The second kappa shape index (κ2) is 3.35. The number of rotatable bonds is 2. The maximum atomic E-state index is 9.73. The van der Waals surface area contributed by atoms with Crippen molar-refractivity contribution in [2.75, 3.05) is 0 Å². The first-order chi connectivity index (χ1) is 6.77. The lowest BCUT2D eigenvalue weighted by molar-refractivity contribution is 0.478. The van der Waals surface area contributed by atoms with Crippen molar-refractivity contribution in [1.29, 1.82) is 0 Å². The Morgan fingerprint density at radius 2 is 2.21 bits per heavy atom. The van der Waals surface area contributed by atoms with Crippen LogP contribution in [0.4, 0.5) is 0 Å². The minimum Gasteiger partial charge on any atom is -0.506 e. The van der Waals surface area contributed by atoms with Gasteiger partial charge in [-0.2, -0.15) is 0 Å². The highest BCUT2D eigenvalue weighted by atomic mass is 16.3. The van der Waals surface area contributed by atoms with E-state index in [2.05, 4.69) is 0 Å². The molecule has 1 aromatic heterocycles. The minimum atomic E-state index is 0.323. The van der Waals surface area contributed by atoms with E-state index in [1.165, 1.54) is 0 Å². The van der Waals surface area contributed by atoms with Gasteiger partial charge in [0.2, 0.25) is 0 Å². The van der Waals surface area contributed by atoms with Crippen LogP contribution in [0.2, 0.25) is 0 Å². The predicted octanol–water partition coefficient (Wildman–Crippen LogP) is 1.83. The fourth-order valence-corrected chi connectivity index (χ4v) is 1.83. The first-order valence-electron chi connectivity index (χ1n) is 4.77. The zero-order valence-corrected chi connectivity index (χ0v) is 8.20. The highest BCUT2D eigenvalue weighted by Gasteiger charge is 2.09. The molecule has 0 saturated carbocycles. The number of para-hydroxylation sites is 1. The molecule has 0 spiro atoms. The summed E-state index contributed by atoms with van der Waals surface area (Å²) >= 11 is 0. The topological polar surface area (TPSA) is 51.2 Å². The molecule has 1 aromatic carbocycles. The normalized spacial score (nSPS) is 11.0. The number of fused-ring (bicyclic) bond motifs is 1. The highest BCUT2D eigenvalue weighted by molar-refractivity contribution is 5.88. The summed E-state index contributed by atoms with van der Waals surface area (Å²) < 4.78 is 2.02. The maximum Gasteiger partial charge on any atom is 0.139 e. The first-order valence-corrected chi connectivity index (χ1v) is 4.77. The average molecular weight is 190 g/mol. The number of aromatic hydroxyl groups is 1. The molecule has 0 aliphatic heterocycles. The van der Waals surface area contributed by atoms with Crippen LogP contribution in [0.3, 0.4) is 0 Å². The third-order valence-corrected chi connectivity index (χ3v) is 2.52. The Labute approximate surface area is 82.8 Å². The lowest BCUT2D eigenvalue weighted by Gasteiger charge is -2.01. The number of nitrogens with zero attached hydrogens (tertiary/aromatic N) is 1. The van der Waals surface area contributed by atoms with Crippen molar-refractivity contribution in [2.24, 2.45) is 5.73 Å². The van der Waals surface area contributed by atoms with Crippen molar-refractivity contribution in [3.63, 3.8) is 0 Å². The summed E-state index contributed by atoms with van der Waals surface area (Å²) in [6, 6.07) is 5.54. The zero-order chi connectivity index (χ0) is 10.1. The predicted molar refractivity (Wildman–Crippen MR) is 57.2 cm³/mol. The number of hydrogen-bond acceptors (Lipinski definition) is 2. The fourth-order valence-electron chi connectivity index (χ4n) is 1.83. The van der Waals surface area contributed by atoms with E-state index in [-0.39, 0.29) is 0 Å². The third-order valence-electron chi connectivity index (χ3n) is 2.52. The number of aromatic nitrogens is 1. The quantitative estimate of drug-likeness (QED) is 0.759. The van der Waals surface area contributed by atoms with E-state index in [0.717, 1.165) is 23.0 Å².